The lowest BCUT2D eigenvalue weighted by atomic mass is 10.2. The van der Waals surface area contributed by atoms with Gasteiger partial charge in [-0.25, -0.2) is 17.8 Å². The molecule has 1 aromatic carbocycles. The van der Waals surface area contributed by atoms with Gasteiger partial charge in [0.15, 0.2) is 5.13 Å². The second-order valence-electron chi connectivity index (χ2n) is 4.18. The zero-order valence-electron chi connectivity index (χ0n) is 10.7. The summed E-state index contributed by atoms with van der Waals surface area (Å²) in [6.07, 6.45) is 0. The van der Waals surface area contributed by atoms with E-state index >= 15 is 0 Å². The molecule has 0 saturated heterocycles. The average molecular weight is 300 g/mol. The van der Waals surface area contributed by atoms with E-state index in [4.69, 9.17) is 0 Å². The van der Waals surface area contributed by atoms with Crippen LogP contribution in [0, 0.1) is 26.6 Å². The molecular weight excluding hydrogens is 287 g/mol. The fraction of sp³-hybridized carbons (Fsp3) is 0.250. The molecule has 0 spiro atoms. The van der Waals surface area contributed by atoms with Crippen molar-refractivity contribution in [2.24, 2.45) is 0 Å². The molecule has 7 heteroatoms. The number of sulfonamides is 1. The highest BCUT2D eigenvalue weighted by Crippen LogP contribution is 2.24. The molecule has 4 nitrogen and oxygen atoms in total. The third-order valence-electron chi connectivity index (χ3n) is 2.69. The topological polar surface area (TPSA) is 59.1 Å². The molecule has 102 valence electrons. The number of benzene rings is 1. The minimum absolute atomic E-state index is 0.0249. The summed E-state index contributed by atoms with van der Waals surface area (Å²) in [7, 11) is -3.72. The number of aryl methyl sites for hydroxylation is 3. The summed E-state index contributed by atoms with van der Waals surface area (Å²) in [6.45, 7) is 5.20. The first-order valence-corrected chi connectivity index (χ1v) is 7.82. The molecular formula is C12H13FN2O2S2. The molecule has 0 radical (unpaired) electrons. The van der Waals surface area contributed by atoms with Crippen molar-refractivity contribution in [1.29, 1.82) is 0 Å². The monoisotopic (exact) mass is 300 g/mol. The zero-order valence-corrected chi connectivity index (χ0v) is 12.3. The maximum atomic E-state index is 13.1. The SMILES string of the molecule is Cc1cc(S(=O)(=O)Nc2nc(C)c(C)s2)ccc1F. The highest BCUT2D eigenvalue weighted by Gasteiger charge is 2.17. The van der Waals surface area contributed by atoms with Crippen LogP contribution in [0.4, 0.5) is 9.52 Å². The van der Waals surface area contributed by atoms with Crippen LogP contribution in [0.2, 0.25) is 0 Å². The van der Waals surface area contributed by atoms with Crippen LogP contribution in [0.1, 0.15) is 16.1 Å². The van der Waals surface area contributed by atoms with Crippen LogP contribution in [0.25, 0.3) is 0 Å². The zero-order chi connectivity index (χ0) is 14.2. The second-order valence-corrected chi connectivity index (χ2v) is 7.06. The Balaban J connectivity index is 2.34. The average Bonchev–Trinajstić information content (AvgIpc) is 2.60. The smallest absolute Gasteiger partial charge is 0.255 e. The predicted octanol–water partition coefficient (Wildman–Crippen LogP) is 3.01. The lowest BCUT2D eigenvalue weighted by Gasteiger charge is -2.06. The van der Waals surface area contributed by atoms with Crippen molar-refractivity contribution in [3.63, 3.8) is 0 Å². The first-order valence-electron chi connectivity index (χ1n) is 5.52. The summed E-state index contributed by atoms with van der Waals surface area (Å²) in [5, 5.41) is 0.317. The van der Waals surface area contributed by atoms with Crippen LogP contribution >= 0.6 is 11.3 Å². The summed E-state index contributed by atoms with van der Waals surface area (Å²) >= 11 is 1.27. The van der Waals surface area contributed by atoms with Gasteiger partial charge in [0.2, 0.25) is 0 Å². The van der Waals surface area contributed by atoms with Crippen LogP contribution in [0.3, 0.4) is 0 Å². The number of nitrogens with zero attached hydrogens (tertiary/aromatic N) is 1. The van der Waals surface area contributed by atoms with E-state index in [0.29, 0.717) is 5.13 Å². The first-order chi connectivity index (χ1) is 8.79. The summed E-state index contributed by atoms with van der Waals surface area (Å²) in [5.41, 5.74) is 1.08. The van der Waals surface area contributed by atoms with E-state index in [1.807, 2.05) is 13.8 Å². The van der Waals surface area contributed by atoms with Crippen molar-refractivity contribution < 1.29 is 12.8 Å². The van der Waals surface area contributed by atoms with Gasteiger partial charge >= 0.3 is 0 Å². The molecule has 0 atom stereocenters. The van der Waals surface area contributed by atoms with Crippen molar-refractivity contribution in [2.45, 2.75) is 25.7 Å². The van der Waals surface area contributed by atoms with Gasteiger partial charge in [0.05, 0.1) is 10.6 Å². The van der Waals surface area contributed by atoms with E-state index in [2.05, 4.69) is 9.71 Å². The van der Waals surface area contributed by atoms with Crippen molar-refractivity contribution >= 4 is 26.5 Å². The van der Waals surface area contributed by atoms with Gasteiger partial charge in [-0.05, 0) is 44.5 Å². The molecule has 0 bridgehead atoms. The number of rotatable bonds is 3. The summed E-state index contributed by atoms with van der Waals surface area (Å²) in [6, 6.07) is 3.67. The molecule has 1 N–H and O–H groups in total. The molecule has 2 aromatic rings. The van der Waals surface area contributed by atoms with E-state index < -0.39 is 15.8 Å². The van der Waals surface area contributed by atoms with E-state index in [1.165, 1.54) is 30.4 Å². The number of hydrogen-bond donors (Lipinski definition) is 1. The normalized spacial score (nSPS) is 11.6. The molecule has 0 amide bonds. The van der Waals surface area contributed by atoms with Gasteiger partial charge in [-0.3, -0.25) is 4.72 Å². The largest absolute Gasteiger partial charge is 0.263 e. The van der Waals surface area contributed by atoms with Gasteiger partial charge in [0, 0.05) is 4.88 Å². The molecule has 0 aliphatic rings. The van der Waals surface area contributed by atoms with Crippen molar-refractivity contribution in [3.8, 4) is 0 Å². The lowest BCUT2D eigenvalue weighted by Crippen LogP contribution is -2.13. The van der Waals surface area contributed by atoms with Crippen molar-refractivity contribution in [1.82, 2.24) is 4.98 Å². The lowest BCUT2D eigenvalue weighted by molar-refractivity contribution is 0.598. The van der Waals surface area contributed by atoms with Crippen LogP contribution in [-0.2, 0) is 10.0 Å². The highest BCUT2D eigenvalue weighted by atomic mass is 32.2. The van der Waals surface area contributed by atoms with Gasteiger partial charge in [0.1, 0.15) is 5.82 Å². The van der Waals surface area contributed by atoms with Gasteiger partial charge in [-0.2, -0.15) is 0 Å². The first kappa shape index (κ1) is 14.0. The Morgan fingerprint density at radius 1 is 1.26 bits per heavy atom. The summed E-state index contributed by atoms with van der Waals surface area (Å²) < 4.78 is 39.8. The van der Waals surface area contributed by atoms with Crippen LogP contribution in [0.15, 0.2) is 23.1 Å². The Hall–Kier alpha value is -1.47. The molecule has 1 aromatic heterocycles. The minimum Gasteiger partial charge on any atom is -0.255 e. The molecule has 0 fully saturated rings. The fourth-order valence-corrected chi connectivity index (χ4v) is 3.61. The third-order valence-corrected chi connectivity index (χ3v) is 5.14. The number of anilines is 1. The molecule has 2 rings (SSSR count). The van der Waals surface area contributed by atoms with Crippen molar-refractivity contribution in [3.05, 3.63) is 40.2 Å². The minimum atomic E-state index is -3.72. The molecule has 1 heterocycles. The van der Waals surface area contributed by atoms with Crippen LogP contribution < -0.4 is 4.72 Å². The molecule has 0 aliphatic carbocycles. The van der Waals surface area contributed by atoms with E-state index in [1.54, 1.807) is 0 Å². The number of nitrogens with one attached hydrogen (secondary N) is 1. The van der Waals surface area contributed by atoms with E-state index in [0.717, 1.165) is 16.6 Å². The molecule has 19 heavy (non-hydrogen) atoms. The molecule has 0 unspecified atom stereocenters. The van der Waals surface area contributed by atoms with Crippen LogP contribution in [0.5, 0.6) is 0 Å². The Labute approximate surface area is 115 Å². The predicted molar refractivity (Wildman–Crippen MR) is 73.5 cm³/mol. The maximum Gasteiger partial charge on any atom is 0.263 e. The van der Waals surface area contributed by atoms with E-state index in [9.17, 15) is 12.8 Å². The van der Waals surface area contributed by atoms with Gasteiger partial charge in [-0.1, -0.05) is 0 Å². The number of thiazole rings is 1. The van der Waals surface area contributed by atoms with Crippen molar-refractivity contribution in [2.75, 3.05) is 4.72 Å². The number of aromatic nitrogens is 1. The Kier molecular flexibility index (Phi) is 3.60. The van der Waals surface area contributed by atoms with Gasteiger partial charge < -0.3 is 0 Å². The highest BCUT2D eigenvalue weighted by molar-refractivity contribution is 7.93. The number of hydrogen-bond acceptors (Lipinski definition) is 4. The maximum absolute atomic E-state index is 13.1. The van der Waals surface area contributed by atoms with Gasteiger partial charge in [-0.15, -0.1) is 11.3 Å². The second kappa shape index (κ2) is 4.90. The summed E-state index contributed by atoms with van der Waals surface area (Å²) in [5.74, 6) is -0.431. The molecule has 0 aliphatic heterocycles. The third kappa shape index (κ3) is 2.93. The van der Waals surface area contributed by atoms with E-state index in [-0.39, 0.29) is 10.5 Å². The quantitative estimate of drug-likeness (QED) is 0.948. The standard InChI is InChI=1S/C12H13FN2O2S2/c1-7-6-10(4-5-11(7)13)19(16,17)15-12-14-8(2)9(3)18-12/h4-6H,1-3H3,(H,14,15). The van der Waals surface area contributed by atoms with Crippen LogP contribution in [-0.4, -0.2) is 13.4 Å². The summed E-state index contributed by atoms with van der Waals surface area (Å²) in [4.78, 5) is 5.09. The Morgan fingerprint density at radius 2 is 1.95 bits per heavy atom. The Morgan fingerprint density at radius 3 is 2.47 bits per heavy atom. The molecule has 0 saturated carbocycles. The van der Waals surface area contributed by atoms with Gasteiger partial charge in [0.25, 0.3) is 10.0 Å². The number of halogens is 1. The Bertz CT molecular complexity index is 704. The fourth-order valence-electron chi connectivity index (χ4n) is 1.47.